The van der Waals surface area contributed by atoms with Gasteiger partial charge < -0.3 is 15.1 Å². The first-order valence-corrected chi connectivity index (χ1v) is 7.57. The molecule has 2 heterocycles. The van der Waals surface area contributed by atoms with Gasteiger partial charge in [-0.15, -0.1) is 12.4 Å². The molecule has 0 spiro atoms. The Morgan fingerprint density at radius 3 is 2.95 bits per heavy atom. The first-order valence-electron chi connectivity index (χ1n) is 7.57. The highest BCUT2D eigenvalue weighted by Crippen LogP contribution is 2.40. The summed E-state index contributed by atoms with van der Waals surface area (Å²) in [5.41, 5.74) is 2.09. The molecule has 1 aromatic heterocycles. The van der Waals surface area contributed by atoms with E-state index in [9.17, 15) is 4.79 Å². The molecule has 2 aliphatic rings. The molecule has 1 aliphatic heterocycles. The summed E-state index contributed by atoms with van der Waals surface area (Å²) in [5.74, 6) is 1.40. The summed E-state index contributed by atoms with van der Waals surface area (Å²) in [5, 5.41) is 6.25. The second-order valence-corrected chi connectivity index (χ2v) is 6.45. The molecule has 1 saturated heterocycles. The van der Waals surface area contributed by atoms with E-state index in [0.717, 1.165) is 42.2 Å². The summed E-state index contributed by atoms with van der Waals surface area (Å²) in [6.07, 6.45) is 3.21. The highest BCUT2D eigenvalue weighted by Gasteiger charge is 2.36. The molecule has 0 radical (unpaired) electrons. The number of anilines is 1. The van der Waals surface area contributed by atoms with Crippen LogP contribution in [0.2, 0.25) is 0 Å². The molecule has 118 valence electrons. The van der Waals surface area contributed by atoms with Crippen LogP contribution in [0.25, 0.3) is 11.1 Å². The second-order valence-electron chi connectivity index (χ2n) is 6.45. The zero-order valence-electron chi connectivity index (χ0n) is 12.5. The zero-order chi connectivity index (χ0) is 14.4. The average molecular weight is 322 g/mol. The predicted octanol–water partition coefficient (Wildman–Crippen LogP) is 3.07. The molecular weight excluding hydrogens is 302 g/mol. The van der Waals surface area contributed by atoms with E-state index in [2.05, 4.69) is 15.6 Å². The molecule has 22 heavy (non-hydrogen) atoms. The van der Waals surface area contributed by atoms with Crippen LogP contribution in [0.15, 0.2) is 22.6 Å². The van der Waals surface area contributed by atoms with Crippen molar-refractivity contribution in [3.63, 3.8) is 0 Å². The number of hydrogen-bond donors (Lipinski definition) is 2. The highest BCUT2D eigenvalue weighted by atomic mass is 35.5. The molecule has 1 atom stereocenters. The van der Waals surface area contributed by atoms with Crippen molar-refractivity contribution in [3.8, 4) is 0 Å². The fraction of sp³-hybridized carbons (Fsp3) is 0.500. The van der Waals surface area contributed by atoms with Gasteiger partial charge in [0.2, 0.25) is 5.91 Å². The lowest BCUT2D eigenvalue weighted by molar-refractivity contribution is -0.123. The maximum atomic E-state index is 12.4. The number of halogens is 1. The minimum atomic E-state index is -0.321. The lowest BCUT2D eigenvalue weighted by Crippen LogP contribution is -2.35. The molecule has 2 fully saturated rings. The van der Waals surface area contributed by atoms with E-state index < -0.39 is 0 Å². The monoisotopic (exact) mass is 321 g/mol. The largest absolute Gasteiger partial charge is 0.440 e. The van der Waals surface area contributed by atoms with Gasteiger partial charge in [0.25, 0.3) is 0 Å². The Hall–Kier alpha value is -1.59. The Balaban J connectivity index is 0.00000144. The van der Waals surface area contributed by atoms with Crippen LogP contribution >= 0.6 is 12.4 Å². The van der Waals surface area contributed by atoms with E-state index >= 15 is 0 Å². The van der Waals surface area contributed by atoms with Gasteiger partial charge in [-0.2, -0.15) is 0 Å². The first kappa shape index (κ1) is 15.3. The summed E-state index contributed by atoms with van der Waals surface area (Å²) in [6.45, 7) is 3.63. The Morgan fingerprint density at radius 2 is 2.27 bits per heavy atom. The van der Waals surface area contributed by atoms with E-state index in [1.807, 2.05) is 25.1 Å². The van der Waals surface area contributed by atoms with Crippen LogP contribution in [0, 0.1) is 5.41 Å². The van der Waals surface area contributed by atoms with Crippen LogP contribution < -0.4 is 10.6 Å². The van der Waals surface area contributed by atoms with Crippen LogP contribution in [-0.2, 0) is 4.79 Å². The maximum absolute atomic E-state index is 12.4. The van der Waals surface area contributed by atoms with Gasteiger partial charge in [-0.1, -0.05) is 0 Å². The summed E-state index contributed by atoms with van der Waals surface area (Å²) in [7, 11) is 0. The van der Waals surface area contributed by atoms with Crippen molar-refractivity contribution < 1.29 is 9.21 Å². The lowest BCUT2D eigenvalue weighted by atomic mass is 9.89. The van der Waals surface area contributed by atoms with Gasteiger partial charge >= 0.3 is 0 Å². The number of carbonyl (C=O) groups is 1. The van der Waals surface area contributed by atoms with E-state index in [4.69, 9.17) is 4.42 Å². The van der Waals surface area contributed by atoms with Crippen molar-refractivity contribution in [1.29, 1.82) is 0 Å². The van der Waals surface area contributed by atoms with E-state index in [0.29, 0.717) is 5.92 Å². The van der Waals surface area contributed by atoms with E-state index in [-0.39, 0.29) is 23.7 Å². The SMILES string of the molecule is CC1(C(=O)Nc2ccc3oc(C4CC4)nc3c2)CCNC1.Cl. The standard InChI is InChI=1S/C16H19N3O2.ClH/c1-16(6-7-17-9-16)15(20)18-11-4-5-13-12(8-11)19-14(21-13)10-2-3-10;/h4-5,8,10,17H,2-3,6-7,9H2,1H3,(H,18,20);1H. The van der Waals surface area contributed by atoms with Gasteiger partial charge in [-0.3, -0.25) is 4.79 Å². The van der Waals surface area contributed by atoms with Crippen molar-refractivity contribution in [2.75, 3.05) is 18.4 Å². The Labute approximate surface area is 135 Å². The number of oxazole rings is 1. The second kappa shape index (κ2) is 5.56. The number of hydrogen-bond acceptors (Lipinski definition) is 4. The predicted molar refractivity (Wildman–Crippen MR) is 87.5 cm³/mol. The smallest absolute Gasteiger partial charge is 0.231 e. The topological polar surface area (TPSA) is 67.2 Å². The van der Waals surface area contributed by atoms with Crippen LogP contribution in [0.4, 0.5) is 5.69 Å². The van der Waals surface area contributed by atoms with Gasteiger partial charge in [-0.05, 0) is 50.9 Å². The fourth-order valence-corrected chi connectivity index (χ4v) is 2.82. The summed E-state index contributed by atoms with van der Waals surface area (Å²) >= 11 is 0. The van der Waals surface area contributed by atoms with Gasteiger partial charge in [0.05, 0.1) is 5.41 Å². The molecule has 4 rings (SSSR count). The highest BCUT2D eigenvalue weighted by molar-refractivity contribution is 5.96. The van der Waals surface area contributed by atoms with Crippen molar-refractivity contribution >= 4 is 35.1 Å². The maximum Gasteiger partial charge on any atom is 0.231 e. The number of aromatic nitrogens is 1. The molecule has 1 aromatic carbocycles. The van der Waals surface area contributed by atoms with Crippen molar-refractivity contribution in [2.45, 2.75) is 32.1 Å². The van der Waals surface area contributed by atoms with Gasteiger partial charge in [0.15, 0.2) is 11.5 Å². The van der Waals surface area contributed by atoms with Gasteiger partial charge in [-0.25, -0.2) is 4.98 Å². The van der Waals surface area contributed by atoms with Crippen molar-refractivity contribution in [3.05, 3.63) is 24.1 Å². The molecule has 5 nitrogen and oxygen atoms in total. The minimum Gasteiger partial charge on any atom is -0.440 e. The molecule has 1 aliphatic carbocycles. The third-order valence-corrected chi connectivity index (χ3v) is 4.51. The lowest BCUT2D eigenvalue weighted by Gasteiger charge is -2.21. The number of nitrogens with one attached hydrogen (secondary N) is 2. The van der Waals surface area contributed by atoms with Crippen LogP contribution in [-0.4, -0.2) is 24.0 Å². The molecular formula is C16H20ClN3O2. The summed E-state index contributed by atoms with van der Waals surface area (Å²) < 4.78 is 5.74. The number of fused-ring (bicyclic) bond motifs is 1. The van der Waals surface area contributed by atoms with Crippen molar-refractivity contribution in [2.24, 2.45) is 5.41 Å². The first-order chi connectivity index (χ1) is 10.1. The quantitative estimate of drug-likeness (QED) is 0.911. The summed E-state index contributed by atoms with van der Waals surface area (Å²) in [6, 6.07) is 5.67. The number of carbonyl (C=O) groups excluding carboxylic acids is 1. The average Bonchev–Trinajstić information content (AvgIpc) is 3.08. The Kier molecular flexibility index (Phi) is 3.87. The zero-order valence-corrected chi connectivity index (χ0v) is 13.3. The third-order valence-electron chi connectivity index (χ3n) is 4.51. The molecule has 0 bridgehead atoms. The molecule has 6 heteroatoms. The molecule has 2 aromatic rings. The molecule has 1 amide bonds. The number of nitrogens with zero attached hydrogens (tertiary/aromatic N) is 1. The molecule has 1 saturated carbocycles. The normalized spacial score (nSPS) is 24.2. The van der Waals surface area contributed by atoms with Crippen LogP contribution in [0.1, 0.15) is 38.0 Å². The Morgan fingerprint density at radius 1 is 1.45 bits per heavy atom. The minimum absolute atomic E-state index is 0. The fourth-order valence-electron chi connectivity index (χ4n) is 2.82. The number of benzene rings is 1. The van der Waals surface area contributed by atoms with E-state index in [1.165, 1.54) is 12.8 Å². The van der Waals surface area contributed by atoms with E-state index in [1.54, 1.807) is 0 Å². The van der Waals surface area contributed by atoms with Gasteiger partial charge in [0.1, 0.15) is 5.52 Å². The number of rotatable bonds is 3. The molecule has 2 N–H and O–H groups in total. The number of amides is 1. The van der Waals surface area contributed by atoms with Crippen molar-refractivity contribution in [1.82, 2.24) is 10.3 Å². The molecule has 1 unspecified atom stereocenters. The van der Waals surface area contributed by atoms with Crippen LogP contribution in [0.3, 0.4) is 0 Å². The van der Waals surface area contributed by atoms with Gasteiger partial charge in [0, 0.05) is 18.2 Å². The Bertz CT molecular complexity index is 702. The van der Waals surface area contributed by atoms with Crippen LogP contribution in [0.5, 0.6) is 0 Å². The summed E-state index contributed by atoms with van der Waals surface area (Å²) in [4.78, 5) is 16.9. The third kappa shape index (κ3) is 2.71.